The molecule has 1 fully saturated rings. The predicted molar refractivity (Wildman–Crippen MR) is 67.1 cm³/mol. The Morgan fingerprint density at radius 1 is 1.24 bits per heavy atom. The summed E-state index contributed by atoms with van der Waals surface area (Å²) in [5.74, 6) is -0.435. The molecular formula is C9H20N2O4S2. The molecule has 2 atom stereocenters. The summed E-state index contributed by atoms with van der Waals surface area (Å²) < 4.78 is 47.8. The third-order valence-electron chi connectivity index (χ3n) is 2.88. The molecule has 0 spiro atoms. The van der Waals surface area contributed by atoms with Gasteiger partial charge in [-0.2, -0.15) is 0 Å². The van der Waals surface area contributed by atoms with Crippen LogP contribution in [0.5, 0.6) is 0 Å². The van der Waals surface area contributed by atoms with Crippen LogP contribution in [-0.2, 0) is 19.9 Å². The van der Waals surface area contributed by atoms with Gasteiger partial charge in [0.1, 0.15) is 9.84 Å². The van der Waals surface area contributed by atoms with E-state index >= 15 is 0 Å². The third kappa shape index (κ3) is 5.80. The van der Waals surface area contributed by atoms with Crippen molar-refractivity contribution < 1.29 is 16.8 Å². The number of hydrogen-bond donors (Lipinski definition) is 2. The Kier molecular flexibility index (Phi) is 4.94. The Bertz CT molecular complexity index is 444. The van der Waals surface area contributed by atoms with E-state index in [9.17, 15) is 16.8 Å². The van der Waals surface area contributed by atoms with Crippen LogP contribution < -0.4 is 10.0 Å². The highest BCUT2D eigenvalue weighted by Crippen LogP contribution is 2.12. The van der Waals surface area contributed by atoms with Gasteiger partial charge in [-0.05, 0) is 18.9 Å². The smallest absolute Gasteiger partial charge is 0.212 e. The minimum Gasteiger partial charge on any atom is -0.315 e. The summed E-state index contributed by atoms with van der Waals surface area (Å²) in [7, 11) is -6.76. The fourth-order valence-corrected chi connectivity index (χ4v) is 4.68. The second-order valence-electron chi connectivity index (χ2n) is 4.64. The molecule has 0 aromatic heterocycles. The van der Waals surface area contributed by atoms with Crippen LogP contribution in [0.1, 0.15) is 13.3 Å². The van der Waals surface area contributed by atoms with Crippen LogP contribution in [0.25, 0.3) is 0 Å². The highest BCUT2D eigenvalue weighted by molar-refractivity contribution is 7.93. The maximum Gasteiger partial charge on any atom is 0.212 e. The first kappa shape index (κ1) is 14.9. The summed E-state index contributed by atoms with van der Waals surface area (Å²) in [4.78, 5) is 0. The molecule has 1 heterocycles. The van der Waals surface area contributed by atoms with Crippen LogP contribution in [0.2, 0.25) is 0 Å². The summed E-state index contributed by atoms with van der Waals surface area (Å²) in [6.45, 7) is 3.48. The van der Waals surface area contributed by atoms with Gasteiger partial charge in [-0.1, -0.05) is 6.92 Å². The molecule has 0 saturated carbocycles. The van der Waals surface area contributed by atoms with Crippen LogP contribution in [-0.4, -0.2) is 53.7 Å². The molecule has 102 valence electrons. The number of hydrogen-bond acceptors (Lipinski definition) is 5. The van der Waals surface area contributed by atoms with E-state index in [0.717, 1.165) is 19.2 Å². The maximum atomic E-state index is 11.7. The first-order valence-corrected chi connectivity index (χ1v) is 9.29. The summed E-state index contributed by atoms with van der Waals surface area (Å²) in [5, 5.41) is 3.11. The van der Waals surface area contributed by atoms with Gasteiger partial charge < -0.3 is 5.32 Å². The lowest BCUT2D eigenvalue weighted by molar-refractivity contribution is 0.327. The van der Waals surface area contributed by atoms with Gasteiger partial charge in [0, 0.05) is 18.8 Å². The molecule has 6 nitrogen and oxygen atoms in total. The maximum absolute atomic E-state index is 11.7. The lowest BCUT2D eigenvalue weighted by Gasteiger charge is -2.29. The zero-order chi connectivity index (χ0) is 13.1. The molecule has 1 aliphatic heterocycles. The molecule has 1 aliphatic rings. The molecule has 0 aliphatic carbocycles. The average molecular weight is 284 g/mol. The van der Waals surface area contributed by atoms with Crippen molar-refractivity contribution in [1.82, 2.24) is 10.0 Å². The number of rotatable bonds is 5. The molecular weight excluding hydrogens is 264 g/mol. The Labute approximate surface area is 103 Å². The highest BCUT2D eigenvalue weighted by Gasteiger charge is 2.26. The Morgan fingerprint density at radius 2 is 1.88 bits per heavy atom. The predicted octanol–water partition coefficient (Wildman–Crippen LogP) is -1.05. The van der Waals surface area contributed by atoms with E-state index in [2.05, 4.69) is 10.0 Å². The van der Waals surface area contributed by atoms with E-state index in [1.54, 1.807) is 0 Å². The van der Waals surface area contributed by atoms with Crippen LogP contribution in [0.15, 0.2) is 0 Å². The largest absolute Gasteiger partial charge is 0.315 e. The highest BCUT2D eigenvalue weighted by atomic mass is 32.2. The minimum absolute atomic E-state index is 0.145. The van der Waals surface area contributed by atoms with Crippen LogP contribution >= 0.6 is 0 Å². The molecule has 0 bridgehead atoms. The first-order valence-electron chi connectivity index (χ1n) is 5.58. The summed E-state index contributed by atoms with van der Waals surface area (Å²) in [6, 6.07) is -0.145. The third-order valence-corrected chi connectivity index (χ3v) is 5.49. The van der Waals surface area contributed by atoms with Gasteiger partial charge in [-0.15, -0.1) is 0 Å². The van der Waals surface area contributed by atoms with Crippen molar-refractivity contribution in [2.45, 2.75) is 19.4 Å². The standard InChI is InChI=1S/C9H20N2O4S2/c1-8-3-4-10-7-9(8)11-17(14,15)6-5-16(2,12)13/h8-11H,3-7H2,1-2H3/t8-,9+/m0/s1. The second kappa shape index (κ2) is 5.64. The van der Waals surface area contributed by atoms with Gasteiger partial charge in [0.15, 0.2) is 0 Å². The summed E-state index contributed by atoms with van der Waals surface area (Å²) >= 11 is 0. The molecule has 0 aromatic rings. The van der Waals surface area contributed by atoms with Crippen molar-refractivity contribution >= 4 is 19.9 Å². The van der Waals surface area contributed by atoms with E-state index in [1.165, 1.54) is 0 Å². The van der Waals surface area contributed by atoms with Crippen molar-refractivity contribution in [2.24, 2.45) is 5.92 Å². The molecule has 0 radical (unpaired) electrons. The van der Waals surface area contributed by atoms with E-state index in [1.807, 2.05) is 6.92 Å². The molecule has 0 amide bonds. The van der Waals surface area contributed by atoms with Crippen LogP contribution in [0, 0.1) is 5.92 Å². The SMILES string of the molecule is C[C@H]1CCNC[C@H]1NS(=O)(=O)CCS(C)(=O)=O. The van der Waals surface area contributed by atoms with Gasteiger partial charge in [-0.3, -0.25) is 0 Å². The van der Waals surface area contributed by atoms with E-state index in [-0.39, 0.29) is 23.5 Å². The lowest BCUT2D eigenvalue weighted by Crippen LogP contribution is -2.50. The molecule has 0 unspecified atom stereocenters. The quantitative estimate of drug-likeness (QED) is 0.672. The molecule has 8 heteroatoms. The number of nitrogens with one attached hydrogen (secondary N) is 2. The number of sulfonamides is 1. The lowest BCUT2D eigenvalue weighted by atomic mass is 9.96. The van der Waals surface area contributed by atoms with Crippen LogP contribution in [0.3, 0.4) is 0 Å². The van der Waals surface area contributed by atoms with Gasteiger partial charge in [-0.25, -0.2) is 21.6 Å². The van der Waals surface area contributed by atoms with E-state index in [0.29, 0.717) is 6.54 Å². The monoisotopic (exact) mass is 284 g/mol. The topological polar surface area (TPSA) is 92.3 Å². The Hall–Kier alpha value is -0.180. The molecule has 2 N–H and O–H groups in total. The first-order chi connectivity index (χ1) is 7.70. The zero-order valence-corrected chi connectivity index (χ0v) is 11.8. The van der Waals surface area contributed by atoms with Gasteiger partial charge in [0.05, 0.1) is 11.5 Å². The zero-order valence-electron chi connectivity index (χ0n) is 10.1. The van der Waals surface area contributed by atoms with Crippen molar-refractivity contribution in [3.05, 3.63) is 0 Å². The van der Waals surface area contributed by atoms with E-state index < -0.39 is 19.9 Å². The molecule has 17 heavy (non-hydrogen) atoms. The Balaban J connectivity index is 2.54. The normalized spacial score (nSPS) is 26.9. The summed E-state index contributed by atoms with van der Waals surface area (Å²) in [5.41, 5.74) is 0. The molecule has 1 rings (SSSR count). The fourth-order valence-electron chi connectivity index (χ4n) is 1.70. The summed E-state index contributed by atoms with van der Waals surface area (Å²) in [6.07, 6.45) is 1.95. The molecule has 0 aromatic carbocycles. The van der Waals surface area contributed by atoms with Crippen molar-refractivity contribution in [1.29, 1.82) is 0 Å². The van der Waals surface area contributed by atoms with Crippen molar-refractivity contribution in [3.63, 3.8) is 0 Å². The number of piperidine rings is 1. The average Bonchev–Trinajstić information content (AvgIpc) is 2.18. The minimum atomic E-state index is -3.52. The number of sulfone groups is 1. The van der Waals surface area contributed by atoms with Gasteiger partial charge >= 0.3 is 0 Å². The van der Waals surface area contributed by atoms with Gasteiger partial charge in [0.2, 0.25) is 10.0 Å². The van der Waals surface area contributed by atoms with Crippen molar-refractivity contribution in [3.8, 4) is 0 Å². The Morgan fingerprint density at radius 3 is 2.41 bits per heavy atom. The molecule has 1 saturated heterocycles. The van der Waals surface area contributed by atoms with E-state index in [4.69, 9.17) is 0 Å². The fraction of sp³-hybridized carbons (Fsp3) is 1.00. The second-order valence-corrected chi connectivity index (χ2v) is 8.78. The van der Waals surface area contributed by atoms with Crippen LogP contribution in [0.4, 0.5) is 0 Å². The van der Waals surface area contributed by atoms with Gasteiger partial charge in [0.25, 0.3) is 0 Å². The van der Waals surface area contributed by atoms with Crippen molar-refractivity contribution in [2.75, 3.05) is 30.9 Å².